The Morgan fingerprint density at radius 2 is 1.88 bits per heavy atom. The van der Waals surface area contributed by atoms with Crippen LogP contribution < -0.4 is 5.32 Å². The third-order valence-corrected chi connectivity index (χ3v) is 4.75. The molecule has 1 atom stereocenters. The van der Waals surface area contributed by atoms with Crippen molar-refractivity contribution in [1.82, 2.24) is 0 Å². The molecule has 0 unspecified atom stereocenters. The highest BCUT2D eigenvalue weighted by Gasteiger charge is 2.18. The first kappa shape index (κ1) is 19.6. The van der Waals surface area contributed by atoms with Gasteiger partial charge in [0.1, 0.15) is 0 Å². The van der Waals surface area contributed by atoms with Gasteiger partial charge in [0.25, 0.3) is 5.91 Å². The summed E-state index contributed by atoms with van der Waals surface area (Å²) < 4.78 is 5.15. The van der Waals surface area contributed by atoms with Crippen molar-refractivity contribution in [2.24, 2.45) is 0 Å². The van der Waals surface area contributed by atoms with Crippen LogP contribution in [0.3, 0.4) is 0 Å². The van der Waals surface area contributed by atoms with Crippen molar-refractivity contribution in [3.8, 4) is 0 Å². The third kappa shape index (κ3) is 6.61. The molecule has 132 valence electrons. The van der Waals surface area contributed by atoms with Gasteiger partial charge < -0.3 is 10.1 Å². The van der Waals surface area contributed by atoms with E-state index in [-0.39, 0.29) is 6.42 Å². The summed E-state index contributed by atoms with van der Waals surface area (Å²) in [7, 11) is 0. The lowest BCUT2D eigenvalue weighted by molar-refractivity contribution is -0.152. The summed E-state index contributed by atoms with van der Waals surface area (Å²) in [6, 6.07) is 14.5. The first-order valence-electron chi connectivity index (χ1n) is 7.59. The van der Waals surface area contributed by atoms with E-state index in [4.69, 9.17) is 27.9 Å². The molecule has 0 radical (unpaired) electrons. The molecule has 0 aliphatic rings. The van der Waals surface area contributed by atoms with Gasteiger partial charge in [-0.15, -0.1) is 11.8 Å². The fraction of sp³-hybridized carbons (Fsp3) is 0.222. The van der Waals surface area contributed by atoms with Gasteiger partial charge in [-0.2, -0.15) is 0 Å². The van der Waals surface area contributed by atoms with Gasteiger partial charge in [-0.05, 0) is 37.3 Å². The van der Waals surface area contributed by atoms with E-state index in [1.165, 1.54) is 13.0 Å². The highest BCUT2D eigenvalue weighted by Crippen LogP contribution is 2.25. The molecule has 2 rings (SSSR count). The van der Waals surface area contributed by atoms with E-state index in [0.29, 0.717) is 21.5 Å². The van der Waals surface area contributed by atoms with E-state index in [2.05, 4.69) is 5.32 Å². The standard InChI is InChI=1S/C18H17Cl2NO3S/c1-12(18(23)21-16-8-7-13(19)11-15(16)20)24-17(22)9-10-25-14-5-3-2-4-6-14/h2-8,11-12H,9-10H2,1H3,(H,21,23)/t12-/m0/s1. The lowest BCUT2D eigenvalue weighted by Crippen LogP contribution is -2.30. The maximum atomic E-state index is 12.1. The number of thioether (sulfide) groups is 1. The molecular weight excluding hydrogens is 381 g/mol. The summed E-state index contributed by atoms with van der Waals surface area (Å²) in [4.78, 5) is 25.0. The second-order valence-electron chi connectivity index (χ2n) is 5.16. The van der Waals surface area contributed by atoms with Crippen molar-refractivity contribution in [2.75, 3.05) is 11.1 Å². The van der Waals surface area contributed by atoms with Crippen molar-refractivity contribution in [3.05, 3.63) is 58.6 Å². The minimum absolute atomic E-state index is 0.221. The largest absolute Gasteiger partial charge is 0.453 e. The van der Waals surface area contributed by atoms with Crippen LogP contribution in [-0.4, -0.2) is 23.7 Å². The quantitative estimate of drug-likeness (QED) is 0.524. The van der Waals surface area contributed by atoms with Crippen LogP contribution in [0.2, 0.25) is 10.0 Å². The van der Waals surface area contributed by atoms with Gasteiger partial charge in [0.15, 0.2) is 6.10 Å². The number of amides is 1. The number of nitrogens with one attached hydrogen (secondary N) is 1. The molecule has 0 bridgehead atoms. The fourth-order valence-electron chi connectivity index (χ4n) is 1.90. The molecule has 0 heterocycles. The van der Waals surface area contributed by atoms with Gasteiger partial charge in [0.05, 0.1) is 17.1 Å². The van der Waals surface area contributed by atoms with Crippen LogP contribution in [0.4, 0.5) is 5.69 Å². The molecule has 0 aliphatic heterocycles. The molecule has 4 nitrogen and oxygen atoms in total. The number of halogens is 2. The average molecular weight is 398 g/mol. The molecule has 2 aromatic rings. The zero-order valence-electron chi connectivity index (χ0n) is 13.5. The zero-order chi connectivity index (χ0) is 18.2. The van der Waals surface area contributed by atoms with E-state index in [0.717, 1.165) is 4.90 Å². The monoisotopic (exact) mass is 397 g/mol. The Morgan fingerprint density at radius 3 is 2.56 bits per heavy atom. The Kier molecular flexibility index (Phi) is 7.62. The first-order chi connectivity index (χ1) is 12.0. The van der Waals surface area contributed by atoms with Crippen molar-refractivity contribution in [1.29, 1.82) is 0 Å². The van der Waals surface area contributed by atoms with E-state index in [1.54, 1.807) is 23.9 Å². The molecule has 0 spiro atoms. The van der Waals surface area contributed by atoms with Crippen molar-refractivity contribution in [3.63, 3.8) is 0 Å². The average Bonchev–Trinajstić information content (AvgIpc) is 2.58. The first-order valence-corrected chi connectivity index (χ1v) is 9.33. The Bertz CT molecular complexity index is 740. The highest BCUT2D eigenvalue weighted by molar-refractivity contribution is 7.99. The number of esters is 1. The number of ether oxygens (including phenoxy) is 1. The molecule has 1 N–H and O–H groups in total. The number of carbonyl (C=O) groups excluding carboxylic acids is 2. The topological polar surface area (TPSA) is 55.4 Å². The van der Waals surface area contributed by atoms with Gasteiger partial charge in [-0.25, -0.2) is 0 Å². The summed E-state index contributed by atoms with van der Waals surface area (Å²) in [6.45, 7) is 1.52. The summed E-state index contributed by atoms with van der Waals surface area (Å²) in [5.41, 5.74) is 0.415. The second-order valence-corrected chi connectivity index (χ2v) is 7.17. The van der Waals surface area contributed by atoms with Gasteiger partial charge in [-0.3, -0.25) is 9.59 Å². The number of hydrogen-bond acceptors (Lipinski definition) is 4. The molecular formula is C18H17Cl2NO3S. The van der Waals surface area contributed by atoms with E-state index < -0.39 is 18.0 Å². The Morgan fingerprint density at radius 1 is 1.16 bits per heavy atom. The summed E-state index contributed by atoms with van der Waals surface area (Å²) in [5.74, 6) is -0.290. The van der Waals surface area contributed by atoms with Crippen LogP contribution in [0.25, 0.3) is 0 Å². The number of carbonyl (C=O) groups is 2. The van der Waals surface area contributed by atoms with Gasteiger partial charge in [-0.1, -0.05) is 41.4 Å². The summed E-state index contributed by atoms with van der Waals surface area (Å²) >= 11 is 13.4. The third-order valence-electron chi connectivity index (χ3n) is 3.18. The molecule has 1 amide bonds. The van der Waals surface area contributed by atoms with Crippen LogP contribution in [-0.2, 0) is 14.3 Å². The van der Waals surface area contributed by atoms with Crippen molar-refractivity contribution in [2.45, 2.75) is 24.3 Å². The van der Waals surface area contributed by atoms with E-state index >= 15 is 0 Å². The molecule has 0 saturated heterocycles. The number of rotatable bonds is 7. The lowest BCUT2D eigenvalue weighted by Gasteiger charge is -2.14. The molecule has 0 aromatic heterocycles. The van der Waals surface area contributed by atoms with Gasteiger partial charge in [0.2, 0.25) is 0 Å². The Hall–Kier alpha value is -1.69. The van der Waals surface area contributed by atoms with E-state index in [1.807, 2.05) is 30.3 Å². The molecule has 7 heteroatoms. The number of hydrogen-bond donors (Lipinski definition) is 1. The molecule has 0 fully saturated rings. The lowest BCUT2D eigenvalue weighted by atomic mass is 10.3. The maximum Gasteiger partial charge on any atom is 0.307 e. The molecule has 2 aromatic carbocycles. The highest BCUT2D eigenvalue weighted by atomic mass is 35.5. The predicted octanol–water partition coefficient (Wildman–Crippen LogP) is 5.05. The molecule has 25 heavy (non-hydrogen) atoms. The van der Waals surface area contributed by atoms with Crippen LogP contribution in [0, 0.1) is 0 Å². The van der Waals surface area contributed by atoms with Crippen molar-refractivity contribution < 1.29 is 14.3 Å². The number of anilines is 1. The van der Waals surface area contributed by atoms with Crippen LogP contribution in [0.5, 0.6) is 0 Å². The minimum atomic E-state index is -0.916. The summed E-state index contributed by atoms with van der Waals surface area (Å²) in [6.07, 6.45) is -0.695. The maximum absolute atomic E-state index is 12.1. The molecule has 0 aliphatic carbocycles. The SMILES string of the molecule is C[C@H](OC(=O)CCSc1ccccc1)C(=O)Nc1ccc(Cl)cc1Cl. The van der Waals surface area contributed by atoms with Crippen LogP contribution >= 0.6 is 35.0 Å². The van der Waals surface area contributed by atoms with Gasteiger partial charge >= 0.3 is 5.97 Å². The van der Waals surface area contributed by atoms with Crippen LogP contribution in [0.1, 0.15) is 13.3 Å². The summed E-state index contributed by atoms with van der Waals surface area (Å²) in [5, 5.41) is 3.40. The van der Waals surface area contributed by atoms with Crippen molar-refractivity contribution >= 4 is 52.5 Å². The van der Waals surface area contributed by atoms with Crippen LogP contribution in [0.15, 0.2) is 53.4 Å². The Labute approximate surface area is 160 Å². The second kappa shape index (κ2) is 9.70. The minimum Gasteiger partial charge on any atom is -0.453 e. The normalized spacial score (nSPS) is 11.6. The van der Waals surface area contributed by atoms with Gasteiger partial charge in [0, 0.05) is 15.7 Å². The zero-order valence-corrected chi connectivity index (χ0v) is 15.8. The molecule has 0 saturated carbocycles. The van der Waals surface area contributed by atoms with E-state index in [9.17, 15) is 9.59 Å². The number of benzene rings is 2. The fourth-order valence-corrected chi connectivity index (χ4v) is 3.21. The Balaban J connectivity index is 1.77. The predicted molar refractivity (Wildman–Crippen MR) is 102 cm³/mol. The smallest absolute Gasteiger partial charge is 0.307 e.